The molecule has 24 heavy (non-hydrogen) atoms. The molecule has 0 aliphatic carbocycles. The summed E-state index contributed by atoms with van der Waals surface area (Å²) >= 11 is 0. The molecule has 0 saturated heterocycles. The van der Waals surface area contributed by atoms with E-state index < -0.39 is 0 Å². The first-order valence-corrected chi connectivity index (χ1v) is 8.57. The Balaban J connectivity index is 2.12. The molecule has 5 nitrogen and oxygen atoms in total. The average molecular weight is 328 g/mol. The van der Waals surface area contributed by atoms with Crippen molar-refractivity contribution >= 4 is 5.82 Å². The maximum atomic E-state index is 11.9. The number of rotatable bonds is 6. The lowest BCUT2D eigenvalue weighted by molar-refractivity contribution is 0.304. The van der Waals surface area contributed by atoms with Crippen LogP contribution in [0.1, 0.15) is 39.0 Å². The molecule has 0 radical (unpaired) electrons. The van der Waals surface area contributed by atoms with Crippen LogP contribution in [-0.2, 0) is 0 Å². The summed E-state index contributed by atoms with van der Waals surface area (Å²) in [7, 11) is 0. The van der Waals surface area contributed by atoms with Crippen LogP contribution in [0.5, 0.6) is 0 Å². The molecule has 0 aliphatic heterocycles. The second-order valence-electron chi connectivity index (χ2n) is 7.09. The largest absolute Gasteiger partial charge is 0.370 e. The highest BCUT2D eigenvalue weighted by atomic mass is 16.1. The normalized spacial score (nSPS) is 11.5. The zero-order valence-corrected chi connectivity index (χ0v) is 15.5. The molecule has 0 saturated carbocycles. The van der Waals surface area contributed by atoms with Gasteiger partial charge in [-0.3, -0.25) is 4.79 Å². The smallest absolute Gasteiger partial charge is 0.254 e. The van der Waals surface area contributed by atoms with Gasteiger partial charge >= 0.3 is 0 Å². The summed E-state index contributed by atoms with van der Waals surface area (Å²) in [6.07, 6.45) is 1.75. The van der Waals surface area contributed by atoms with E-state index in [-0.39, 0.29) is 5.56 Å². The number of hydrogen-bond donors (Lipinski definition) is 2. The van der Waals surface area contributed by atoms with E-state index in [1.165, 1.54) is 0 Å². The van der Waals surface area contributed by atoms with Crippen molar-refractivity contribution in [2.24, 2.45) is 17.8 Å². The molecule has 0 bridgehead atoms. The summed E-state index contributed by atoms with van der Waals surface area (Å²) in [4.78, 5) is 23.6. The summed E-state index contributed by atoms with van der Waals surface area (Å²) in [5, 5.41) is 3.41. The van der Waals surface area contributed by atoms with E-state index in [2.05, 4.69) is 48.0 Å². The average Bonchev–Trinajstić information content (AvgIpc) is 2.52. The van der Waals surface area contributed by atoms with Gasteiger partial charge in [-0.25, -0.2) is 9.97 Å². The number of anilines is 1. The van der Waals surface area contributed by atoms with Gasteiger partial charge in [0, 0.05) is 29.6 Å². The van der Waals surface area contributed by atoms with Crippen molar-refractivity contribution in [1.29, 1.82) is 0 Å². The van der Waals surface area contributed by atoms with E-state index in [0.717, 1.165) is 23.6 Å². The van der Waals surface area contributed by atoms with Gasteiger partial charge in [0.15, 0.2) is 0 Å². The van der Waals surface area contributed by atoms with E-state index in [0.29, 0.717) is 29.1 Å². The zero-order valence-electron chi connectivity index (χ0n) is 15.5. The second-order valence-corrected chi connectivity index (χ2v) is 7.09. The predicted octanol–water partition coefficient (Wildman–Crippen LogP) is 3.79. The highest BCUT2D eigenvalue weighted by molar-refractivity contribution is 5.56. The van der Waals surface area contributed by atoms with Crippen molar-refractivity contribution in [2.75, 3.05) is 11.9 Å². The fourth-order valence-corrected chi connectivity index (χ4v) is 2.88. The Kier molecular flexibility index (Phi) is 5.75. The van der Waals surface area contributed by atoms with E-state index in [1.54, 1.807) is 13.1 Å². The highest BCUT2D eigenvalue weighted by Crippen LogP contribution is 2.21. The Hall–Kier alpha value is -2.17. The molecule has 2 heterocycles. The lowest BCUT2D eigenvalue weighted by atomic mass is 9.85. The number of pyridine rings is 1. The number of aromatic nitrogens is 3. The third-order valence-corrected chi connectivity index (χ3v) is 4.66. The maximum Gasteiger partial charge on any atom is 0.254 e. The SMILES string of the molecule is Cc1nc(-c2ccc(NCC(C(C)C)C(C)C)nc2)[nH]c(=O)c1C. The molecule has 0 aromatic carbocycles. The van der Waals surface area contributed by atoms with Gasteiger partial charge in [-0.15, -0.1) is 0 Å². The van der Waals surface area contributed by atoms with Gasteiger partial charge in [0.1, 0.15) is 11.6 Å². The van der Waals surface area contributed by atoms with E-state index in [4.69, 9.17) is 0 Å². The van der Waals surface area contributed by atoms with Crippen molar-refractivity contribution in [1.82, 2.24) is 15.0 Å². The Morgan fingerprint density at radius 2 is 1.79 bits per heavy atom. The van der Waals surface area contributed by atoms with Crippen LogP contribution in [0.4, 0.5) is 5.82 Å². The van der Waals surface area contributed by atoms with Crippen molar-refractivity contribution in [3.8, 4) is 11.4 Å². The van der Waals surface area contributed by atoms with Crippen LogP contribution in [0.2, 0.25) is 0 Å². The maximum absolute atomic E-state index is 11.9. The molecule has 2 N–H and O–H groups in total. The first-order valence-electron chi connectivity index (χ1n) is 8.57. The number of hydrogen-bond acceptors (Lipinski definition) is 4. The van der Waals surface area contributed by atoms with Gasteiger partial charge < -0.3 is 10.3 Å². The van der Waals surface area contributed by atoms with Crippen molar-refractivity contribution in [3.63, 3.8) is 0 Å². The molecular weight excluding hydrogens is 300 g/mol. The molecule has 2 rings (SSSR count). The van der Waals surface area contributed by atoms with Crippen LogP contribution < -0.4 is 10.9 Å². The van der Waals surface area contributed by atoms with Crippen LogP contribution in [0.25, 0.3) is 11.4 Å². The molecule has 130 valence electrons. The van der Waals surface area contributed by atoms with Crippen LogP contribution >= 0.6 is 0 Å². The fourth-order valence-electron chi connectivity index (χ4n) is 2.88. The molecule has 5 heteroatoms. The van der Waals surface area contributed by atoms with Crippen LogP contribution in [0, 0.1) is 31.6 Å². The fraction of sp³-hybridized carbons (Fsp3) is 0.526. The number of aromatic amines is 1. The summed E-state index contributed by atoms with van der Waals surface area (Å²) in [5.41, 5.74) is 2.10. The molecule has 0 fully saturated rings. The molecule has 2 aromatic heterocycles. The summed E-state index contributed by atoms with van der Waals surface area (Å²) in [6, 6.07) is 3.87. The van der Waals surface area contributed by atoms with Crippen molar-refractivity contribution < 1.29 is 0 Å². The lowest BCUT2D eigenvalue weighted by Crippen LogP contribution is -2.24. The van der Waals surface area contributed by atoms with Gasteiger partial charge in [0.05, 0.1) is 0 Å². The van der Waals surface area contributed by atoms with Gasteiger partial charge in [0.2, 0.25) is 0 Å². The van der Waals surface area contributed by atoms with Crippen LogP contribution in [0.15, 0.2) is 23.1 Å². The Bertz CT molecular complexity index is 724. The first-order chi connectivity index (χ1) is 11.3. The molecule has 2 aromatic rings. The van der Waals surface area contributed by atoms with Gasteiger partial charge in [-0.05, 0) is 43.7 Å². The van der Waals surface area contributed by atoms with Gasteiger partial charge in [-0.1, -0.05) is 27.7 Å². The minimum Gasteiger partial charge on any atom is -0.370 e. The molecule has 0 atom stereocenters. The Morgan fingerprint density at radius 1 is 1.12 bits per heavy atom. The van der Waals surface area contributed by atoms with E-state index in [9.17, 15) is 4.79 Å². The number of nitrogens with zero attached hydrogens (tertiary/aromatic N) is 2. The van der Waals surface area contributed by atoms with Crippen LogP contribution in [0.3, 0.4) is 0 Å². The number of nitrogens with one attached hydrogen (secondary N) is 2. The Morgan fingerprint density at radius 3 is 2.29 bits per heavy atom. The molecule has 0 amide bonds. The predicted molar refractivity (Wildman–Crippen MR) is 99.2 cm³/mol. The van der Waals surface area contributed by atoms with Gasteiger partial charge in [0.25, 0.3) is 5.56 Å². The van der Waals surface area contributed by atoms with Crippen LogP contribution in [-0.4, -0.2) is 21.5 Å². The standard InChI is InChI=1S/C19H28N4O/c1-11(2)16(12(3)4)10-21-17-8-7-15(9-20-17)18-22-14(6)13(5)19(24)23-18/h7-9,11-12,16H,10H2,1-6H3,(H,20,21)(H,22,23,24). The Labute approximate surface area is 144 Å². The number of H-pyrrole nitrogens is 1. The third-order valence-electron chi connectivity index (χ3n) is 4.66. The summed E-state index contributed by atoms with van der Waals surface area (Å²) < 4.78 is 0. The molecule has 0 aliphatic rings. The van der Waals surface area contributed by atoms with Crippen molar-refractivity contribution in [3.05, 3.63) is 39.9 Å². The molecule has 0 spiro atoms. The summed E-state index contributed by atoms with van der Waals surface area (Å²) in [5.74, 6) is 3.26. The quantitative estimate of drug-likeness (QED) is 0.846. The molecule has 0 unspecified atom stereocenters. The minimum atomic E-state index is -0.101. The third kappa shape index (κ3) is 4.22. The van der Waals surface area contributed by atoms with E-state index >= 15 is 0 Å². The minimum absolute atomic E-state index is 0.101. The zero-order chi connectivity index (χ0) is 17.9. The summed E-state index contributed by atoms with van der Waals surface area (Å²) in [6.45, 7) is 13.5. The first kappa shape index (κ1) is 18.2. The topological polar surface area (TPSA) is 70.7 Å². The molecular formula is C19H28N4O. The van der Waals surface area contributed by atoms with E-state index in [1.807, 2.05) is 19.1 Å². The second kappa shape index (κ2) is 7.60. The number of aryl methyl sites for hydroxylation is 1. The van der Waals surface area contributed by atoms with Gasteiger partial charge in [-0.2, -0.15) is 0 Å². The monoisotopic (exact) mass is 328 g/mol. The lowest BCUT2D eigenvalue weighted by Gasteiger charge is -2.25. The highest BCUT2D eigenvalue weighted by Gasteiger charge is 2.17. The van der Waals surface area contributed by atoms with Crippen molar-refractivity contribution in [2.45, 2.75) is 41.5 Å².